The van der Waals surface area contributed by atoms with Crippen LogP contribution in [-0.4, -0.2) is 87.7 Å². The number of guanidine groups is 1. The zero-order valence-electron chi connectivity index (χ0n) is 21.7. The van der Waals surface area contributed by atoms with Crippen LogP contribution in [0.4, 0.5) is 0 Å². The number of carbonyl (C=O) groups excluding carboxylic acids is 3. The predicted molar refractivity (Wildman–Crippen MR) is 141 cm³/mol. The Balaban J connectivity index is 1.85. The second kappa shape index (κ2) is 14.7. The van der Waals surface area contributed by atoms with Gasteiger partial charge in [-0.25, -0.2) is 4.79 Å². The number of nitrogens with one attached hydrogen (secondary N) is 4. The minimum absolute atomic E-state index is 0.0227. The fourth-order valence-corrected chi connectivity index (χ4v) is 3.84. The number of phenolic OH excluding ortho intramolecular Hbond substituents is 1. The standard InChI is InChI=1S/C25H37N7O7/c1-14(33)20(26)23(37)30-18(12-15-9-11-32(13-15)25(27)28)22(36)29-10-3-2-4-19(35)31-21(24(38)39)16-5-7-17(34)8-6-16/h5-9,14,18,20-21,33-34H,2-4,10-13,26H2,1H3,(H3,27,28)(H,29,36)(H,30,37)(H,31,35)(H,38,39). The summed E-state index contributed by atoms with van der Waals surface area (Å²) in [5.74, 6) is -3.03. The molecule has 0 fully saturated rings. The van der Waals surface area contributed by atoms with E-state index < -0.39 is 47.9 Å². The van der Waals surface area contributed by atoms with Crippen molar-refractivity contribution in [1.82, 2.24) is 20.9 Å². The number of carboxylic acids is 1. The van der Waals surface area contributed by atoms with Crippen LogP contribution in [0.15, 0.2) is 35.9 Å². The van der Waals surface area contributed by atoms with Gasteiger partial charge in [0.05, 0.1) is 6.10 Å². The van der Waals surface area contributed by atoms with E-state index in [-0.39, 0.29) is 31.1 Å². The van der Waals surface area contributed by atoms with Crippen LogP contribution < -0.4 is 27.4 Å². The van der Waals surface area contributed by atoms with E-state index in [0.29, 0.717) is 31.5 Å². The molecule has 14 heteroatoms. The number of unbranched alkanes of at least 4 members (excludes halogenated alkanes) is 1. The lowest BCUT2D eigenvalue weighted by Gasteiger charge is -2.23. The Morgan fingerprint density at radius 2 is 1.77 bits per heavy atom. The summed E-state index contributed by atoms with van der Waals surface area (Å²) < 4.78 is 0. The molecule has 0 saturated carbocycles. The van der Waals surface area contributed by atoms with Gasteiger partial charge in [-0.3, -0.25) is 19.8 Å². The summed E-state index contributed by atoms with van der Waals surface area (Å²) >= 11 is 0. The average Bonchev–Trinajstić information content (AvgIpc) is 3.35. The molecule has 11 N–H and O–H groups in total. The van der Waals surface area contributed by atoms with Gasteiger partial charge in [-0.05, 0) is 43.9 Å². The first-order chi connectivity index (χ1) is 18.4. The molecule has 1 aliphatic rings. The molecule has 0 aliphatic carbocycles. The van der Waals surface area contributed by atoms with Crippen LogP contribution >= 0.6 is 0 Å². The number of aliphatic hydroxyl groups is 1. The van der Waals surface area contributed by atoms with Crippen molar-refractivity contribution in [3.8, 4) is 5.75 Å². The van der Waals surface area contributed by atoms with Crippen LogP contribution in [0.2, 0.25) is 0 Å². The fourth-order valence-electron chi connectivity index (χ4n) is 3.84. The molecule has 1 heterocycles. The SMILES string of the molecule is CC(O)C(N)C(=O)NC(CC1=CCN(C(=N)N)C1)C(=O)NCCCCC(=O)NC(C(=O)O)c1ccc(O)cc1. The topological polar surface area (TPSA) is 244 Å². The number of amides is 3. The number of phenols is 1. The maximum absolute atomic E-state index is 12.9. The third-order valence-electron chi connectivity index (χ3n) is 6.17. The molecule has 0 bridgehead atoms. The predicted octanol–water partition coefficient (Wildman–Crippen LogP) is -1.36. The van der Waals surface area contributed by atoms with Gasteiger partial charge in [-0.15, -0.1) is 0 Å². The molecule has 39 heavy (non-hydrogen) atoms. The van der Waals surface area contributed by atoms with Gasteiger partial charge in [0.15, 0.2) is 12.0 Å². The summed E-state index contributed by atoms with van der Waals surface area (Å²) in [5, 5.41) is 43.7. The van der Waals surface area contributed by atoms with Gasteiger partial charge in [0.25, 0.3) is 0 Å². The lowest BCUT2D eigenvalue weighted by molar-refractivity contribution is -0.142. The minimum Gasteiger partial charge on any atom is -0.508 e. The number of hydrogen-bond acceptors (Lipinski definition) is 8. The van der Waals surface area contributed by atoms with Crippen LogP contribution in [0, 0.1) is 5.41 Å². The fraction of sp³-hybridized carbons (Fsp3) is 0.480. The van der Waals surface area contributed by atoms with E-state index in [9.17, 15) is 34.5 Å². The van der Waals surface area contributed by atoms with Crippen molar-refractivity contribution in [3.05, 3.63) is 41.5 Å². The van der Waals surface area contributed by atoms with Gasteiger partial charge in [0.1, 0.15) is 17.8 Å². The zero-order chi connectivity index (χ0) is 29.1. The summed E-state index contributed by atoms with van der Waals surface area (Å²) in [6.45, 7) is 2.31. The van der Waals surface area contributed by atoms with Crippen LogP contribution in [0.3, 0.4) is 0 Å². The molecular formula is C25H37N7O7. The molecule has 1 aromatic rings. The van der Waals surface area contributed by atoms with Gasteiger partial charge < -0.3 is 47.6 Å². The number of aromatic hydroxyl groups is 1. The van der Waals surface area contributed by atoms with Crippen molar-refractivity contribution in [2.24, 2.45) is 11.5 Å². The highest BCUT2D eigenvalue weighted by atomic mass is 16.4. The number of aliphatic hydroxyl groups excluding tert-OH is 1. The third-order valence-corrected chi connectivity index (χ3v) is 6.17. The second-order valence-electron chi connectivity index (χ2n) is 9.34. The van der Waals surface area contributed by atoms with Crippen LogP contribution in [0.1, 0.15) is 44.2 Å². The molecule has 14 nitrogen and oxygen atoms in total. The smallest absolute Gasteiger partial charge is 0.330 e. The van der Waals surface area contributed by atoms with Crippen molar-refractivity contribution >= 4 is 29.7 Å². The van der Waals surface area contributed by atoms with Crippen molar-refractivity contribution < 1.29 is 34.5 Å². The summed E-state index contributed by atoms with van der Waals surface area (Å²) in [6.07, 6.45) is 1.65. The Labute approximate surface area is 225 Å². The maximum Gasteiger partial charge on any atom is 0.330 e. The lowest BCUT2D eigenvalue weighted by Crippen LogP contribution is -2.54. The van der Waals surface area contributed by atoms with Crippen LogP contribution in [0.25, 0.3) is 0 Å². The van der Waals surface area contributed by atoms with Gasteiger partial charge in [0, 0.05) is 26.1 Å². The van der Waals surface area contributed by atoms with E-state index in [2.05, 4.69) is 16.0 Å². The van der Waals surface area contributed by atoms with Gasteiger partial charge in [-0.2, -0.15) is 0 Å². The maximum atomic E-state index is 12.9. The number of rotatable bonds is 14. The summed E-state index contributed by atoms with van der Waals surface area (Å²) in [7, 11) is 0. The van der Waals surface area contributed by atoms with Gasteiger partial charge >= 0.3 is 5.97 Å². The number of hydrogen-bond donors (Lipinski definition) is 9. The molecule has 0 saturated heterocycles. The third kappa shape index (κ3) is 9.90. The quantitative estimate of drug-likeness (QED) is 0.0573. The number of nitrogens with two attached hydrogens (primary N) is 2. The summed E-state index contributed by atoms with van der Waals surface area (Å²) in [5.41, 5.74) is 12.3. The first-order valence-corrected chi connectivity index (χ1v) is 12.5. The summed E-state index contributed by atoms with van der Waals surface area (Å²) in [4.78, 5) is 50.7. The minimum atomic E-state index is -1.26. The first-order valence-electron chi connectivity index (χ1n) is 12.5. The molecule has 2 rings (SSSR count). The van der Waals surface area contributed by atoms with E-state index in [1.165, 1.54) is 31.2 Å². The van der Waals surface area contributed by atoms with E-state index in [1.807, 2.05) is 6.08 Å². The van der Waals surface area contributed by atoms with Crippen molar-refractivity contribution in [2.45, 2.75) is 56.8 Å². The monoisotopic (exact) mass is 547 g/mol. The Morgan fingerprint density at radius 3 is 2.33 bits per heavy atom. The molecule has 0 radical (unpaired) electrons. The van der Waals surface area contributed by atoms with Crippen molar-refractivity contribution in [2.75, 3.05) is 19.6 Å². The molecule has 1 aliphatic heterocycles. The number of carboxylic acid groups (broad SMARTS) is 1. The van der Waals surface area contributed by atoms with E-state index in [0.717, 1.165) is 5.57 Å². The number of nitrogens with zero attached hydrogens (tertiary/aromatic N) is 1. The average molecular weight is 548 g/mol. The molecule has 3 amide bonds. The zero-order valence-corrected chi connectivity index (χ0v) is 21.7. The highest BCUT2D eigenvalue weighted by Gasteiger charge is 2.28. The molecule has 4 atom stereocenters. The van der Waals surface area contributed by atoms with E-state index in [4.69, 9.17) is 16.9 Å². The van der Waals surface area contributed by atoms with E-state index >= 15 is 0 Å². The van der Waals surface area contributed by atoms with Crippen LogP contribution in [-0.2, 0) is 19.2 Å². The first kappa shape index (κ1) is 31.1. The second-order valence-corrected chi connectivity index (χ2v) is 9.34. The molecular weight excluding hydrogens is 510 g/mol. The molecule has 214 valence electrons. The normalized spacial score (nSPS) is 15.9. The Morgan fingerprint density at radius 1 is 1.10 bits per heavy atom. The Hall–Kier alpha value is -4.17. The molecule has 0 spiro atoms. The Kier molecular flexibility index (Phi) is 11.7. The highest BCUT2D eigenvalue weighted by molar-refractivity contribution is 5.90. The number of benzene rings is 1. The largest absolute Gasteiger partial charge is 0.508 e. The number of aliphatic carboxylic acids is 1. The number of carbonyl (C=O) groups is 4. The lowest BCUT2D eigenvalue weighted by atomic mass is 10.0. The highest BCUT2D eigenvalue weighted by Crippen LogP contribution is 2.18. The van der Waals surface area contributed by atoms with Crippen LogP contribution in [0.5, 0.6) is 5.75 Å². The van der Waals surface area contributed by atoms with Crippen molar-refractivity contribution in [1.29, 1.82) is 5.41 Å². The summed E-state index contributed by atoms with van der Waals surface area (Å²) in [6, 6.07) is 2.01. The van der Waals surface area contributed by atoms with Crippen molar-refractivity contribution in [3.63, 3.8) is 0 Å². The van der Waals surface area contributed by atoms with Gasteiger partial charge in [0.2, 0.25) is 17.7 Å². The Bertz CT molecular complexity index is 1080. The van der Waals surface area contributed by atoms with Gasteiger partial charge in [-0.1, -0.05) is 23.8 Å². The molecule has 1 aromatic carbocycles. The molecule has 4 unspecified atom stereocenters. The molecule has 0 aromatic heterocycles. The van der Waals surface area contributed by atoms with E-state index in [1.54, 1.807) is 4.90 Å².